The van der Waals surface area contributed by atoms with Gasteiger partial charge in [0.05, 0.1) is 12.6 Å². The predicted octanol–water partition coefficient (Wildman–Crippen LogP) is 1.15. The number of hydrogen-bond donors (Lipinski definition) is 2. The van der Waals surface area contributed by atoms with Gasteiger partial charge in [-0.15, -0.1) is 0 Å². The number of aryl methyl sites for hydroxylation is 1. The molecule has 2 atom stereocenters. The van der Waals surface area contributed by atoms with Crippen LogP contribution in [0.25, 0.3) is 0 Å². The third kappa shape index (κ3) is 2.13. The molecule has 2 unspecified atom stereocenters. The Labute approximate surface area is 105 Å². The summed E-state index contributed by atoms with van der Waals surface area (Å²) in [5, 5.41) is 12.3. The molecule has 2 N–H and O–H groups in total. The number of nitrogens with one attached hydrogen (secondary N) is 1. The molecule has 1 aliphatic heterocycles. The number of rotatable bonds is 3. The van der Waals surface area contributed by atoms with E-state index in [4.69, 9.17) is 9.47 Å². The fourth-order valence-electron chi connectivity index (χ4n) is 2.38. The van der Waals surface area contributed by atoms with Crippen molar-refractivity contribution in [3.63, 3.8) is 0 Å². The highest BCUT2D eigenvalue weighted by Gasteiger charge is 2.24. The minimum Gasteiger partial charge on any atom is -0.490 e. The molecule has 96 valence electrons. The fraction of sp³-hybridized carbons (Fsp3) is 0.462. The topological polar surface area (TPSA) is 67.8 Å². The van der Waals surface area contributed by atoms with E-state index in [0.29, 0.717) is 13.2 Å². The summed E-state index contributed by atoms with van der Waals surface area (Å²) in [6.07, 6.45) is 0.711. The molecule has 0 aromatic heterocycles. The first-order valence-corrected chi connectivity index (χ1v) is 6.10. The molecule has 1 saturated heterocycles. The van der Waals surface area contributed by atoms with Gasteiger partial charge in [0.1, 0.15) is 12.4 Å². The van der Waals surface area contributed by atoms with Gasteiger partial charge in [0.15, 0.2) is 6.10 Å². The third-order valence-corrected chi connectivity index (χ3v) is 3.34. The Bertz CT molecular complexity index is 474. The summed E-state index contributed by atoms with van der Waals surface area (Å²) in [6.45, 7) is 0.836. The van der Waals surface area contributed by atoms with Crippen molar-refractivity contribution in [3.8, 4) is 5.75 Å². The standard InChI is InChI=1S/C13H15NO4/c15-12-4-1-8-5-9(2-3-11(8)12)17-7-10-6-14-13(16)18-10/h2-3,5,10,12,15H,1,4,6-7H2,(H,14,16). The first-order chi connectivity index (χ1) is 8.72. The van der Waals surface area contributed by atoms with Crippen LogP contribution in [0.3, 0.4) is 0 Å². The van der Waals surface area contributed by atoms with Crippen molar-refractivity contribution in [2.45, 2.75) is 25.0 Å². The van der Waals surface area contributed by atoms with Crippen molar-refractivity contribution in [1.82, 2.24) is 5.32 Å². The Morgan fingerprint density at radius 2 is 2.39 bits per heavy atom. The molecule has 1 aromatic rings. The SMILES string of the molecule is O=C1NCC(COc2ccc3c(c2)CCC3O)O1. The van der Waals surface area contributed by atoms with Crippen molar-refractivity contribution in [2.75, 3.05) is 13.2 Å². The van der Waals surface area contributed by atoms with E-state index in [2.05, 4.69) is 5.32 Å². The van der Waals surface area contributed by atoms with Gasteiger partial charge in [-0.2, -0.15) is 0 Å². The van der Waals surface area contributed by atoms with Gasteiger partial charge in [-0.25, -0.2) is 4.79 Å². The van der Waals surface area contributed by atoms with Crippen LogP contribution in [0.2, 0.25) is 0 Å². The van der Waals surface area contributed by atoms with Crippen molar-refractivity contribution >= 4 is 6.09 Å². The number of carbonyl (C=O) groups is 1. The Morgan fingerprint density at radius 1 is 1.50 bits per heavy atom. The highest BCUT2D eigenvalue weighted by atomic mass is 16.6. The molecule has 0 spiro atoms. The minimum atomic E-state index is -0.388. The lowest BCUT2D eigenvalue weighted by Crippen LogP contribution is -2.21. The number of hydrogen-bond acceptors (Lipinski definition) is 4. The largest absolute Gasteiger partial charge is 0.490 e. The van der Waals surface area contributed by atoms with E-state index in [1.54, 1.807) is 0 Å². The molecule has 5 heteroatoms. The zero-order chi connectivity index (χ0) is 12.5. The first-order valence-electron chi connectivity index (χ1n) is 6.10. The number of carbonyl (C=O) groups excluding carboxylic acids is 1. The third-order valence-electron chi connectivity index (χ3n) is 3.34. The second-order valence-electron chi connectivity index (χ2n) is 4.63. The Kier molecular flexibility index (Phi) is 2.83. The number of ether oxygens (including phenoxy) is 2. The van der Waals surface area contributed by atoms with E-state index in [-0.39, 0.29) is 18.3 Å². The Hall–Kier alpha value is -1.75. The molecule has 0 saturated carbocycles. The van der Waals surface area contributed by atoms with E-state index in [1.807, 2.05) is 18.2 Å². The van der Waals surface area contributed by atoms with Crippen molar-refractivity contribution in [3.05, 3.63) is 29.3 Å². The molecule has 0 bridgehead atoms. The van der Waals surface area contributed by atoms with Crippen LogP contribution in [0, 0.1) is 0 Å². The Morgan fingerprint density at radius 3 is 3.17 bits per heavy atom. The number of amides is 1. The van der Waals surface area contributed by atoms with Gasteiger partial charge in [0.2, 0.25) is 0 Å². The quantitative estimate of drug-likeness (QED) is 0.843. The number of aliphatic hydroxyl groups is 1. The molecule has 1 aromatic carbocycles. The van der Waals surface area contributed by atoms with Crippen LogP contribution in [0.4, 0.5) is 4.79 Å². The van der Waals surface area contributed by atoms with E-state index in [1.165, 1.54) is 0 Å². The number of aliphatic hydroxyl groups excluding tert-OH is 1. The van der Waals surface area contributed by atoms with Crippen molar-refractivity contribution < 1.29 is 19.4 Å². The van der Waals surface area contributed by atoms with Crippen LogP contribution in [-0.2, 0) is 11.2 Å². The maximum absolute atomic E-state index is 10.8. The van der Waals surface area contributed by atoms with Gasteiger partial charge in [-0.3, -0.25) is 0 Å². The summed E-state index contributed by atoms with van der Waals surface area (Å²) in [4.78, 5) is 10.8. The van der Waals surface area contributed by atoms with E-state index < -0.39 is 0 Å². The zero-order valence-electron chi connectivity index (χ0n) is 9.89. The maximum Gasteiger partial charge on any atom is 0.407 e. The molecule has 1 heterocycles. The van der Waals surface area contributed by atoms with Gasteiger partial charge < -0.3 is 19.9 Å². The summed E-state index contributed by atoms with van der Waals surface area (Å²) in [5.74, 6) is 0.755. The molecule has 2 aliphatic rings. The second-order valence-corrected chi connectivity index (χ2v) is 4.63. The normalized spacial score (nSPS) is 25.5. The predicted molar refractivity (Wildman–Crippen MR) is 63.5 cm³/mol. The highest BCUT2D eigenvalue weighted by Crippen LogP contribution is 2.33. The molecular formula is C13H15NO4. The molecule has 18 heavy (non-hydrogen) atoms. The highest BCUT2D eigenvalue weighted by molar-refractivity contribution is 5.69. The van der Waals surface area contributed by atoms with E-state index in [9.17, 15) is 9.90 Å². The van der Waals surface area contributed by atoms with Crippen molar-refractivity contribution in [2.24, 2.45) is 0 Å². The lowest BCUT2D eigenvalue weighted by molar-refractivity contribution is 0.105. The first kappa shape index (κ1) is 11.3. The van der Waals surface area contributed by atoms with Gasteiger partial charge in [0, 0.05) is 0 Å². The van der Waals surface area contributed by atoms with Crippen LogP contribution >= 0.6 is 0 Å². The van der Waals surface area contributed by atoms with Crippen LogP contribution in [0.5, 0.6) is 5.75 Å². The summed E-state index contributed by atoms with van der Waals surface area (Å²) >= 11 is 0. The summed E-state index contributed by atoms with van der Waals surface area (Å²) in [6, 6.07) is 5.70. The molecule has 1 fully saturated rings. The van der Waals surface area contributed by atoms with Crippen LogP contribution in [-0.4, -0.2) is 30.5 Å². The smallest absolute Gasteiger partial charge is 0.407 e. The average Bonchev–Trinajstić information content (AvgIpc) is 2.94. The maximum atomic E-state index is 10.8. The van der Waals surface area contributed by atoms with Gasteiger partial charge in [0.25, 0.3) is 0 Å². The minimum absolute atomic E-state index is 0.226. The van der Waals surface area contributed by atoms with E-state index >= 15 is 0 Å². The second kappa shape index (κ2) is 4.49. The summed E-state index contributed by atoms with van der Waals surface area (Å²) in [7, 11) is 0. The lowest BCUT2D eigenvalue weighted by atomic mass is 10.1. The number of fused-ring (bicyclic) bond motifs is 1. The number of benzene rings is 1. The monoisotopic (exact) mass is 249 g/mol. The molecule has 0 radical (unpaired) electrons. The van der Waals surface area contributed by atoms with Crippen molar-refractivity contribution in [1.29, 1.82) is 0 Å². The van der Waals surface area contributed by atoms with Gasteiger partial charge in [-0.1, -0.05) is 6.07 Å². The number of alkyl carbamates (subject to hydrolysis) is 1. The molecule has 3 rings (SSSR count). The average molecular weight is 249 g/mol. The fourth-order valence-corrected chi connectivity index (χ4v) is 2.38. The van der Waals surface area contributed by atoms with E-state index in [0.717, 1.165) is 29.7 Å². The van der Waals surface area contributed by atoms with Gasteiger partial charge >= 0.3 is 6.09 Å². The lowest BCUT2D eigenvalue weighted by Gasteiger charge is -2.11. The molecule has 1 amide bonds. The molecule has 5 nitrogen and oxygen atoms in total. The zero-order valence-corrected chi connectivity index (χ0v) is 9.89. The van der Waals surface area contributed by atoms with Crippen LogP contribution in [0.15, 0.2) is 18.2 Å². The molecular weight excluding hydrogens is 234 g/mol. The van der Waals surface area contributed by atoms with Crippen LogP contribution in [0.1, 0.15) is 23.7 Å². The molecule has 1 aliphatic carbocycles. The summed E-state index contributed by atoms with van der Waals surface area (Å²) < 4.78 is 10.6. The summed E-state index contributed by atoms with van der Waals surface area (Å²) in [5.41, 5.74) is 2.14. The Balaban J connectivity index is 1.62. The number of cyclic esters (lactones) is 1. The van der Waals surface area contributed by atoms with Crippen LogP contribution < -0.4 is 10.1 Å². The van der Waals surface area contributed by atoms with Gasteiger partial charge in [-0.05, 0) is 36.1 Å².